The van der Waals surface area contributed by atoms with Crippen molar-refractivity contribution in [1.29, 1.82) is 0 Å². The molecule has 2 aromatic carbocycles. The van der Waals surface area contributed by atoms with E-state index in [-0.39, 0.29) is 17.9 Å². The first-order valence-electron chi connectivity index (χ1n) is 10.4. The fourth-order valence-electron chi connectivity index (χ4n) is 3.90. The van der Waals surface area contributed by atoms with Gasteiger partial charge < -0.3 is 15.4 Å². The average molecular weight is 423 g/mol. The Labute approximate surface area is 185 Å². The van der Waals surface area contributed by atoms with Crippen LogP contribution in [0.25, 0.3) is 11.1 Å². The van der Waals surface area contributed by atoms with Crippen LogP contribution in [0.3, 0.4) is 0 Å². The first kappa shape index (κ1) is 19.8. The van der Waals surface area contributed by atoms with Crippen LogP contribution in [0.4, 0.5) is 5.69 Å². The molecule has 2 aliphatic heterocycles. The zero-order chi connectivity index (χ0) is 21.9. The Bertz CT molecular complexity index is 1250. The molecule has 0 fully saturated rings. The highest BCUT2D eigenvalue weighted by Gasteiger charge is 2.27. The van der Waals surface area contributed by atoms with Crippen LogP contribution < -0.4 is 10.6 Å². The Morgan fingerprint density at radius 1 is 1.12 bits per heavy atom. The molecule has 0 aliphatic carbocycles. The van der Waals surface area contributed by atoms with Gasteiger partial charge >= 0.3 is 0 Å². The molecular formula is C26H21N3O3. The molecule has 1 aromatic heterocycles. The monoisotopic (exact) mass is 423 g/mol. The van der Waals surface area contributed by atoms with Gasteiger partial charge in [-0.25, -0.2) is 0 Å². The minimum Gasteiger partial charge on any atom is -0.493 e. The standard InChI is InChI=1S/C26H21N3O3/c30-25(28-15-17-8-10-27-11-9-17)19-5-3-4-18(12-19)20-13-21(32-16-20)14-23-22-6-1-2-7-24(22)29-26(23)31/h1-12,14,16,21H,13,15H2,(H,28,30)(H,29,31)/b23-14+. The molecule has 1 unspecified atom stereocenters. The van der Waals surface area contributed by atoms with Crippen LogP contribution in [0.5, 0.6) is 0 Å². The van der Waals surface area contributed by atoms with Crippen LogP contribution in [0, 0.1) is 0 Å². The maximum absolute atomic E-state index is 12.6. The van der Waals surface area contributed by atoms with Crippen molar-refractivity contribution in [3.63, 3.8) is 0 Å². The van der Waals surface area contributed by atoms with Gasteiger partial charge in [-0.1, -0.05) is 30.3 Å². The predicted molar refractivity (Wildman–Crippen MR) is 122 cm³/mol. The number of carbonyl (C=O) groups excluding carboxylic acids is 2. The van der Waals surface area contributed by atoms with Crippen LogP contribution in [-0.2, 0) is 16.1 Å². The Hall–Kier alpha value is -4.19. The molecule has 3 aromatic rings. The molecule has 2 aliphatic rings. The van der Waals surface area contributed by atoms with Gasteiger partial charge in [-0.05, 0) is 53.1 Å². The number of fused-ring (bicyclic) bond motifs is 1. The number of ether oxygens (including phenoxy) is 1. The third kappa shape index (κ3) is 4.03. The first-order chi connectivity index (χ1) is 15.7. The van der Waals surface area contributed by atoms with Gasteiger partial charge in [0.2, 0.25) is 0 Å². The number of pyridine rings is 1. The minimum absolute atomic E-state index is 0.115. The molecule has 2 amide bonds. The molecule has 6 nitrogen and oxygen atoms in total. The summed E-state index contributed by atoms with van der Waals surface area (Å²) in [4.78, 5) is 28.9. The van der Waals surface area contributed by atoms with Crippen molar-refractivity contribution >= 4 is 28.6 Å². The quantitative estimate of drug-likeness (QED) is 0.604. The molecule has 0 bridgehead atoms. The van der Waals surface area contributed by atoms with E-state index in [1.807, 2.05) is 60.7 Å². The average Bonchev–Trinajstić information content (AvgIpc) is 3.43. The van der Waals surface area contributed by atoms with E-state index in [0.29, 0.717) is 24.1 Å². The first-order valence-corrected chi connectivity index (χ1v) is 10.4. The summed E-state index contributed by atoms with van der Waals surface area (Å²) in [7, 11) is 0. The van der Waals surface area contributed by atoms with Gasteiger partial charge in [0.1, 0.15) is 6.10 Å². The summed E-state index contributed by atoms with van der Waals surface area (Å²) in [5.41, 5.74) is 5.83. The second kappa shape index (κ2) is 8.51. The van der Waals surface area contributed by atoms with Crippen LogP contribution in [-0.4, -0.2) is 22.9 Å². The number of nitrogens with zero attached hydrogens (tertiary/aromatic N) is 1. The van der Waals surface area contributed by atoms with Crippen molar-refractivity contribution in [2.24, 2.45) is 0 Å². The Kier molecular flexibility index (Phi) is 5.25. The molecule has 2 N–H and O–H groups in total. The lowest BCUT2D eigenvalue weighted by Gasteiger charge is -2.08. The number of aromatic nitrogens is 1. The van der Waals surface area contributed by atoms with Crippen molar-refractivity contribution in [2.75, 3.05) is 5.32 Å². The number of benzene rings is 2. The number of hydrogen-bond donors (Lipinski definition) is 2. The SMILES string of the molecule is O=C1Nc2ccccc2/C1=C\C1CC(c2cccc(C(=O)NCc3ccncc3)c2)=CO1. The van der Waals surface area contributed by atoms with E-state index in [2.05, 4.69) is 15.6 Å². The molecule has 158 valence electrons. The van der Waals surface area contributed by atoms with E-state index >= 15 is 0 Å². The molecular weight excluding hydrogens is 402 g/mol. The van der Waals surface area contributed by atoms with Gasteiger partial charge in [-0.2, -0.15) is 0 Å². The van der Waals surface area contributed by atoms with Gasteiger partial charge in [0, 0.05) is 47.7 Å². The number of carbonyl (C=O) groups is 2. The lowest BCUT2D eigenvalue weighted by atomic mass is 9.98. The van der Waals surface area contributed by atoms with Crippen LogP contribution in [0.15, 0.2) is 85.4 Å². The highest BCUT2D eigenvalue weighted by molar-refractivity contribution is 6.31. The maximum atomic E-state index is 12.6. The summed E-state index contributed by atoms with van der Waals surface area (Å²) in [6.45, 7) is 0.441. The molecule has 3 heterocycles. The highest BCUT2D eigenvalue weighted by atomic mass is 16.5. The molecule has 6 heteroatoms. The second-order valence-electron chi connectivity index (χ2n) is 7.72. The molecule has 5 rings (SSSR count). The lowest BCUT2D eigenvalue weighted by Crippen LogP contribution is -2.22. The number of anilines is 1. The summed E-state index contributed by atoms with van der Waals surface area (Å²) in [6.07, 6.45) is 7.38. The topological polar surface area (TPSA) is 80.3 Å². The third-order valence-corrected chi connectivity index (χ3v) is 5.57. The second-order valence-corrected chi connectivity index (χ2v) is 7.72. The van der Waals surface area contributed by atoms with E-state index in [0.717, 1.165) is 28.0 Å². The lowest BCUT2D eigenvalue weighted by molar-refractivity contribution is -0.110. The summed E-state index contributed by atoms with van der Waals surface area (Å²) in [5.74, 6) is -0.253. The Balaban J connectivity index is 1.27. The number of nitrogens with one attached hydrogen (secondary N) is 2. The van der Waals surface area contributed by atoms with Crippen molar-refractivity contribution in [1.82, 2.24) is 10.3 Å². The molecule has 0 saturated heterocycles. The van der Waals surface area contributed by atoms with E-state index in [1.54, 1.807) is 24.7 Å². The molecule has 32 heavy (non-hydrogen) atoms. The Morgan fingerprint density at radius 3 is 2.84 bits per heavy atom. The maximum Gasteiger partial charge on any atom is 0.256 e. The number of rotatable bonds is 5. The van der Waals surface area contributed by atoms with Crippen molar-refractivity contribution in [3.8, 4) is 0 Å². The van der Waals surface area contributed by atoms with Gasteiger partial charge in [0.25, 0.3) is 11.8 Å². The summed E-state index contributed by atoms with van der Waals surface area (Å²) >= 11 is 0. The predicted octanol–water partition coefficient (Wildman–Crippen LogP) is 4.18. The van der Waals surface area contributed by atoms with Gasteiger partial charge in [0.15, 0.2) is 0 Å². The number of para-hydroxylation sites is 1. The molecule has 0 saturated carbocycles. The molecule has 1 atom stereocenters. The smallest absolute Gasteiger partial charge is 0.256 e. The van der Waals surface area contributed by atoms with E-state index in [4.69, 9.17) is 4.74 Å². The largest absolute Gasteiger partial charge is 0.493 e. The number of hydrogen-bond acceptors (Lipinski definition) is 4. The van der Waals surface area contributed by atoms with Crippen molar-refractivity contribution in [2.45, 2.75) is 19.1 Å². The summed E-state index contributed by atoms with van der Waals surface area (Å²) in [6, 6.07) is 18.8. The third-order valence-electron chi connectivity index (χ3n) is 5.57. The van der Waals surface area contributed by atoms with Crippen LogP contribution >= 0.6 is 0 Å². The fourth-order valence-corrected chi connectivity index (χ4v) is 3.90. The normalized spacial score (nSPS) is 18.0. The zero-order valence-electron chi connectivity index (χ0n) is 17.2. The number of amides is 2. The van der Waals surface area contributed by atoms with Gasteiger partial charge in [-0.3, -0.25) is 14.6 Å². The van der Waals surface area contributed by atoms with Crippen molar-refractivity contribution < 1.29 is 14.3 Å². The minimum atomic E-state index is -0.235. The van der Waals surface area contributed by atoms with Crippen LogP contribution in [0.2, 0.25) is 0 Å². The zero-order valence-corrected chi connectivity index (χ0v) is 17.2. The van der Waals surface area contributed by atoms with E-state index in [1.165, 1.54) is 0 Å². The molecule has 0 radical (unpaired) electrons. The summed E-state index contributed by atoms with van der Waals surface area (Å²) < 4.78 is 5.83. The highest BCUT2D eigenvalue weighted by Crippen LogP contribution is 2.35. The molecule has 0 spiro atoms. The fraction of sp³-hybridized carbons (Fsp3) is 0.115. The van der Waals surface area contributed by atoms with E-state index in [9.17, 15) is 9.59 Å². The van der Waals surface area contributed by atoms with Crippen molar-refractivity contribution in [3.05, 3.63) is 108 Å². The van der Waals surface area contributed by atoms with Crippen LogP contribution in [0.1, 0.15) is 33.5 Å². The Morgan fingerprint density at radius 2 is 1.97 bits per heavy atom. The summed E-state index contributed by atoms with van der Waals surface area (Å²) in [5, 5.41) is 5.81. The van der Waals surface area contributed by atoms with Gasteiger partial charge in [-0.15, -0.1) is 0 Å². The van der Waals surface area contributed by atoms with E-state index < -0.39 is 0 Å². The van der Waals surface area contributed by atoms with Gasteiger partial charge in [0.05, 0.1) is 6.26 Å².